The molecule has 0 aliphatic rings. The highest BCUT2D eigenvalue weighted by molar-refractivity contribution is 6.77. The Labute approximate surface area is 117 Å². The summed E-state index contributed by atoms with van der Waals surface area (Å²) in [5.41, 5.74) is 0. The number of unbranched alkanes of at least 4 members (excludes halogenated alkanes) is 9. The lowest BCUT2D eigenvalue weighted by Crippen LogP contribution is -2.23. The molecule has 0 spiro atoms. The summed E-state index contributed by atoms with van der Waals surface area (Å²) in [6.45, 7) is 11.2. The van der Waals surface area contributed by atoms with Gasteiger partial charge in [-0.2, -0.15) is 0 Å². The quantitative estimate of drug-likeness (QED) is 0.196. The molecule has 0 aliphatic carbocycles. The van der Waals surface area contributed by atoms with E-state index in [0.29, 0.717) is 0 Å². The highest BCUT2D eigenvalue weighted by Gasteiger charge is 2.17. The Bertz CT molecular complexity index is 184. The molecule has 0 radical (unpaired) electrons. The predicted molar refractivity (Wildman–Crippen MR) is 89.1 cm³/mol. The van der Waals surface area contributed by atoms with Crippen LogP contribution in [-0.4, -0.2) is 8.07 Å². The average Bonchev–Trinajstić information content (AvgIpc) is 2.31. The standard InChI is InChI=1S/C17H36Si/c1-5-7-8-9-10-11-12-13-14-15-17-18(3,4)16-6-2/h6H,2,5,7-17H2,1,3-4H3. The summed E-state index contributed by atoms with van der Waals surface area (Å²) in [4.78, 5) is 0. The zero-order chi connectivity index (χ0) is 13.7. The van der Waals surface area contributed by atoms with Crippen molar-refractivity contribution in [3.63, 3.8) is 0 Å². The SMILES string of the molecule is C=CC[Si](C)(C)CCCCCCCCCCCC. The second kappa shape index (κ2) is 12.0. The molecule has 0 aromatic heterocycles. The molecule has 18 heavy (non-hydrogen) atoms. The summed E-state index contributed by atoms with van der Waals surface area (Å²) >= 11 is 0. The summed E-state index contributed by atoms with van der Waals surface area (Å²) in [5, 5.41) is 0. The Morgan fingerprint density at radius 1 is 0.778 bits per heavy atom. The Morgan fingerprint density at radius 2 is 1.22 bits per heavy atom. The molecular weight excluding hydrogens is 232 g/mol. The molecule has 0 rings (SSSR count). The van der Waals surface area contributed by atoms with Gasteiger partial charge in [0.25, 0.3) is 0 Å². The van der Waals surface area contributed by atoms with Gasteiger partial charge in [-0.3, -0.25) is 0 Å². The summed E-state index contributed by atoms with van der Waals surface area (Å²) in [7, 11) is -0.912. The zero-order valence-corrected chi connectivity index (χ0v) is 14.3. The Kier molecular flexibility index (Phi) is 12.0. The van der Waals surface area contributed by atoms with Crippen molar-refractivity contribution < 1.29 is 0 Å². The first-order valence-corrected chi connectivity index (χ1v) is 11.6. The van der Waals surface area contributed by atoms with Crippen LogP contribution in [0.4, 0.5) is 0 Å². The van der Waals surface area contributed by atoms with Crippen LogP contribution >= 0.6 is 0 Å². The van der Waals surface area contributed by atoms with Gasteiger partial charge in [0.2, 0.25) is 0 Å². The van der Waals surface area contributed by atoms with Crippen molar-refractivity contribution in [2.75, 3.05) is 0 Å². The van der Waals surface area contributed by atoms with Crippen LogP contribution < -0.4 is 0 Å². The Balaban J connectivity index is 3.18. The lowest BCUT2D eigenvalue weighted by Gasteiger charge is -2.19. The van der Waals surface area contributed by atoms with E-state index in [1.807, 2.05) is 0 Å². The first-order chi connectivity index (χ1) is 8.62. The summed E-state index contributed by atoms with van der Waals surface area (Å²) < 4.78 is 0. The van der Waals surface area contributed by atoms with Crippen LogP contribution in [0.2, 0.25) is 25.2 Å². The highest BCUT2D eigenvalue weighted by atomic mass is 28.3. The van der Waals surface area contributed by atoms with Crippen LogP contribution in [0.15, 0.2) is 12.7 Å². The van der Waals surface area contributed by atoms with Gasteiger partial charge < -0.3 is 0 Å². The molecule has 0 heterocycles. The first-order valence-electron chi connectivity index (χ1n) is 8.23. The molecule has 0 N–H and O–H groups in total. The van der Waals surface area contributed by atoms with E-state index in [1.165, 1.54) is 76.3 Å². The van der Waals surface area contributed by atoms with Gasteiger partial charge in [0, 0.05) is 0 Å². The number of hydrogen-bond donors (Lipinski definition) is 0. The third-order valence-corrected chi connectivity index (χ3v) is 7.00. The lowest BCUT2D eigenvalue weighted by molar-refractivity contribution is 0.561. The van der Waals surface area contributed by atoms with Crippen LogP contribution in [0.25, 0.3) is 0 Å². The fourth-order valence-electron chi connectivity index (χ4n) is 2.58. The molecule has 0 unspecified atom stereocenters. The third kappa shape index (κ3) is 12.4. The van der Waals surface area contributed by atoms with Crippen molar-refractivity contribution >= 4 is 8.07 Å². The molecule has 0 saturated carbocycles. The van der Waals surface area contributed by atoms with Crippen molar-refractivity contribution in [2.24, 2.45) is 0 Å². The van der Waals surface area contributed by atoms with Crippen molar-refractivity contribution in [3.05, 3.63) is 12.7 Å². The predicted octanol–water partition coefficient (Wildman–Crippen LogP) is 6.80. The van der Waals surface area contributed by atoms with E-state index in [-0.39, 0.29) is 0 Å². The van der Waals surface area contributed by atoms with Gasteiger partial charge in [-0.05, 0) is 6.04 Å². The first kappa shape index (κ1) is 18.0. The fourth-order valence-corrected chi connectivity index (χ4v) is 4.78. The van der Waals surface area contributed by atoms with Crippen LogP contribution in [0.1, 0.15) is 71.1 Å². The molecule has 0 nitrogen and oxygen atoms in total. The van der Waals surface area contributed by atoms with Crippen LogP contribution in [0, 0.1) is 0 Å². The smallest absolute Gasteiger partial charge is 0.0511 e. The molecule has 0 aromatic rings. The fraction of sp³-hybridized carbons (Fsp3) is 0.882. The van der Waals surface area contributed by atoms with Crippen LogP contribution in [0.3, 0.4) is 0 Å². The van der Waals surface area contributed by atoms with Crippen molar-refractivity contribution in [3.8, 4) is 0 Å². The van der Waals surface area contributed by atoms with Crippen molar-refractivity contribution in [1.82, 2.24) is 0 Å². The van der Waals surface area contributed by atoms with E-state index in [9.17, 15) is 0 Å². The van der Waals surface area contributed by atoms with Crippen LogP contribution in [0.5, 0.6) is 0 Å². The number of allylic oxidation sites excluding steroid dienone is 1. The van der Waals surface area contributed by atoms with E-state index in [2.05, 4.69) is 32.7 Å². The largest absolute Gasteiger partial charge is 0.103 e. The van der Waals surface area contributed by atoms with Crippen molar-refractivity contribution in [1.29, 1.82) is 0 Å². The molecule has 0 atom stereocenters. The van der Waals surface area contributed by atoms with E-state index < -0.39 is 8.07 Å². The molecule has 0 aliphatic heterocycles. The van der Waals surface area contributed by atoms with E-state index in [0.717, 1.165) is 0 Å². The van der Waals surface area contributed by atoms with Gasteiger partial charge in [0.05, 0.1) is 8.07 Å². The Hall–Kier alpha value is -0.0431. The molecule has 108 valence electrons. The maximum absolute atomic E-state index is 3.88. The van der Waals surface area contributed by atoms with Gasteiger partial charge in [-0.1, -0.05) is 96.3 Å². The number of hydrogen-bond acceptors (Lipinski definition) is 0. The molecule has 0 aromatic carbocycles. The zero-order valence-electron chi connectivity index (χ0n) is 13.3. The average molecular weight is 269 g/mol. The summed E-state index contributed by atoms with van der Waals surface area (Å²) in [5.74, 6) is 0. The lowest BCUT2D eigenvalue weighted by atomic mass is 10.1. The highest BCUT2D eigenvalue weighted by Crippen LogP contribution is 2.20. The molecular formula is C17H36Si. The minimum atomic E-state index is -0.912. The third-order valence-electron chi connectivity index (χ3n) is 3.90. The monoisotopic (exact) mass is 268 g/mol. The van der Waals surface area contributed by atoms with E-state index in [4.69, 9.17) is 0 Å². The molecule has 0 amide bonds. The van der Waals surface area contributed by atoms with Gasteiger partial charge >= 0.3 is 0 Å². The van der Waals surface area contributed by atoms with Gasteiger partial charge in [0.15, 0.2) is 0 Å². The minimum absolute atomic E-state index is 0.912. The van der Waals surface area contributed by atoms with Gasteiger partial charge in [0.1, 0.15) is 0 Å². The molecule has 1 heteroatoms. The van der Waals surface area contributed by atoms with E-state index in [1.54, 1.807) is 0 Å². The summed E-state index contributed by atoms with van der Waals surface area (Å²) in [6, 6.07) is 2.79. The minimum Gasteiger partial charge on any atom is -0.103 e. The maximum Gasteiger partial charge on any atom is 0.0511 e. The van der Waals surface area contributed by atoms with E-state index >= 15 is 0 Å². The normalized spacial score (nSPS) is 11.7. The second-order valence-electron chi connectivity index (χ2n) is 6.59. The topological polar surface area (TPSA) is 0 Å². The van der Waals surface area contributed by atoms with Gasteiger partial charge in [-0.25, -0.2) is 0 Å². The van der Waals surface area contributed by atoms with Crippen LogP contribution in [-0.2, 0) is 0 Å². The second-order valence-corrected chi connectivity index (χ2v) is 11.8. The maximum atomic E-state index is 3.88. The number of rotatable bonds is 13. The van der Waals surface area contributed by atoms with Crippen molar-refractivity contribution in [2.45, 2.75) is 96.3 Å². The molecule has 0 bridgehead atoms. The Morgan fingerprint density at radius 3 is 1.67 bits per heavy atom. The van der Waals surface area contributed by atoms with Gasteiger partial charge in [-0.15, -0.1) is 6.58 Å². The molecule has 0 saturated heterocycles. The molecule has 0 fully saturated rings. The summed E-state index contributed by atoms with van der Waals surface area (Å²) in [6.07, 6.45) is 16.6.